The Hall–Kier alpha value is -2.34. The van der Waals surface area contributed by atoms with E-state index in [1.807, 2.05) is 13.0 Å². The van der Waals surface area contributed by atoms with E-state index in [2.05, 4.69) is 10.0 Å². The number of anilines is 1. The Morgan fingerprint density at radius 3 is 2.43 bits per heavy atom. The van der Waals surface area contributed by atoms with Crippen LogP contribution in [0.15, 0.2) is 53.4 Å². The van der Waals surface area contributed by atoms with Gasteiger partial charge in [-0.15, -0.1) is 0 Å². The fraction of sp³-hybridized carbons (Fsp3) is 0.133. The fourth-order valence-corrected chi connectivity index (χ4v) is 2.97. The Morgan fingerprint density at radius 1 is 1.05 bits per heavy atom. The molecule has 5 nitrogen and oxygen atoms in total. The van der Waals surface area contributed by atoms with Gasteiger partial charge in [0.05, 0.1) is 4.90 Å². The molecule has 0 atom stereocenters. The SMILES string of the molecule is CNC(=O)c1cccc(S(=O)(=O)Nc2cccc(C)c2)c1. The normalized spacial score (nSPS) is 11.0. The zero-order chi connectivity index (χ0) is 15.5. The largest absolute Gasteiger partial charge is 0.355 e. The van der Waals surface area contributed by atoms with E-state index in [4.69, 9.17) is 0 Å². The molecule has 1 amide bonds. The van der Waals surface area contributed by atoms with Crippen LogP contribution in [0.2, 0.25) is 0 Å². The van der Waals surface area contributed by atoms with Crippen LogP contribution in [0.1, 0.15) is 15.9 Å². The average Bonchev–Trinajstić information content (AvgIpc) is 2.46. The van der Waals surface area contributed by atoms with Gasteiger partial charge in [0.2, 0.25) is 0 Å². The minimum Gasteiger partial charge on any atom is -0.355 e. The third-order valence-corrected chi connectivity index (χ3v) is 4.28. The molecule has 2 rings (SSSR count). The lowest BCUT2D eigenvalue weighted by Gasteiger charge is -2.09. The lowest BCUT2D eigenvalue weighted by Crippen LogP contribution is -2.19. The Kier molecular flexibility index (Phi) is 4.28. The quantitative estimate of drug-likeness (QED) is 0.909. The van der Waals surface area contributed by atoms with Gasteiger partial charge < -0.3 is 5.32 Å². The van der Waals surface area contributed by atoms with Gasteiger partial charge in [-0.2, -0.15) is 0 Å². The molecule has 0 radical (unpaired) electrons. The number of carbonyl (C=O) groups is 1. The highest BCUT2D eigenvalue weighted by molar-refractivity contribution is 7.92. The van der Waals surface area contributed by atoms with Crippen LogP contribution in [-0.4, -0.2) is 21.4 Å². The second-order valence-electron chi connectivity index (χ2n) is 4.58. The van der Waals surface area contributed by atoms with Gasteiger partial charge in [0.15, 0.2) is 0 Å². The number of hydrogen-bond acceptors (Lipinski definition) is 3. The summed E-state index contributed by atoms with van der Waals surface area (Å²) >= 11 is 0. The molecule has 0 saturated carbocycles. The molecule has 0 bridgehead atoms. The van der Waals surface area contributed by atoms with Crippen LogP contribution >= 0.6 is 0 Å². The predicted octanol–water partition coefficient (Wildman–Crippen LogP) is 2.16. The Morgan fingerprint density at radius 2 is 1.76 bits per heavy atom. The maximum atomic E-state index is 12.3. The summed E-state index contributed by atoms with van der Waals surface area (Å²) in [5.41, 5.74) is 1.74. The van der Waals surface area contributed by atoms with Gasteiger partial charge in [0.25, 0.3) is 15.9 Å². The highest BCUT2D eigenvalue weighted by atomic mass is 32.2. The smallest absolute Gasteiger partial charge is 0.261 e. The number of aryl methyl sites for hydroxylation is 1. The van der Waals surface area contributed by atoms with Gasteiger partial charge >= 0.3 is 0 Å². The fourth-order valence-electron chi connectivity index (χ4n) is 1.87. The van der Waals surface area contributed by atoms with Crippen molar-refractivity contribution < 1.29 is 13.2 Å². The molecule has 0 saturated heterocycles. The molecule has 2 N–H and O–H groups in total. The number of amides is 1. The van der Waals surface area contributed by atoms with Crippen molar-refractivity contribution in [3.63, 3.8) is 0 Å². The Balaban J connectivity index is 2.33. The molecule has 0 heterocycles. The molecular formula is C15H16N2O3S. The van der Waals surface area contributed by atoms with E-state index in [-0.39, 0.29) is 10.8 Å². The zero-order valence-corrected chi connectivity index (χ0v) is 12.6. The van der Waals surface area contributed by atoms with Crippen molar-refractivity contribution in [2.24, 2.45) is 0 Å². The summed E-state index contributed by atoms with van der Waals surface area (Å²) in [7, 11) is -2.23. The van der Waals surface area contributed by atoms with Gasteiger partial charge in [0.1, 0.15) is 0 Å². The van der Waals surface area contributed by atoms with E-state index in [0.717, 1.165) is 5.56 Å². The third kappa shape index (κ3) is 3.61. The molecule has 21 heavy (non-hydrogen) atoms. The van der Waals surface area contributed by atoms with Gasteiger partial charge in [-0.3, -0.25) is 9.52 Å². The molecule has 6 heteroatoms. The first-order valence-electron chi connectivity index (χ1n) is 6.34. The topological polar surface area (TPSA) is 75.3 Å². The lowest BCUT2D eigenvalue weighted by atomic mass is 10.2. The molecule has 0 unspecified atom stereocenters. The third-order valence-electron chi connectivity index (χ3n) is 2.90. The number of sulfonamides is 1. The van der Waals surface area contributed by atoms with Crippen LogP contribution in [0.5, 0.6) is 0 Å². The summed E-state index contributed by atoms with van der Waals surface area (Å²) in [6.45, 7) is 1.88. The molecule has 0 aromatic heterocycles. The van der Waals surface area contributed by atoms with Crippen molar-refractivity contribution in [3.8, 4) is 0 Å². The van der Waals surface area contributed by atoms with Crippen molar-refractivity contribution in [1.82, 2.24) is 5.32 Å². The van der Waals surface area contributed by atoms with Gasteiger partial charge in [-0.1, -0.05) is 18.2 Å². The summed E-state index contributed by atoms with van der Waals surface area (Å²) in [6, 6.07) is 13.0. The number of hydrogen-bond donors (Lipinski definition) is 2. The molecule has 0 fully saturated rings. The molecule has 0 aliphatic heterocycles. The monoisotopic (exact) mass is 304 g/mol. The van der Waals surface area contributed by atoms with Crippen molar-refractivity contribution >= 4 is 21.6 Å². The first-order chi connectivity index (χ1) is 9.92. The second kappa shape index (κ2) is 5.97. The highest BCUT2D eigenvalue weighted by Gasteiger charge is 2.16. The van der Waals surface area contributed by atoms with E-state index in [1.165, 1.54) is 25.2 Å². The van der Waals surface area contributed by atoms with E-state index in [9.17, 15) is 13.2 Å². The van der Waals surface area contributed by atoms with Crippen LogP contribution in [0, 0.1) is 6.92 Å². The van der Waals surface area contributed by atoms with Crippen LogP contribution < -0.4 is 10.0 Å². The van der Waals surface area contributed by atoms with E-state index < -0.39 is 10.0 Å². The highest BCUT2D eigenvalue weighted by Crippen LogP contribution is 2.18. The zero-order valence-electron chi connectivity index (χ0n) is 11.8. The summed E-state index contributed by atoms with van der Waals surface area (Å²) in [5, 5.41) is 2.46. The Bertz CT molecular complexity index is 770. The second-order valence-corrected chi connectivity index (χ2v) is 6.26. The van der Waals surface area contributed by atoms with Gasteiger partial charge in [-0.25, -0.2) is 8.42 Å². The van der Waals surface area contributed by atoms with E-state index >= 15 is 0 Å². The van der Waals surface area contributed by atoms with Crippen LogP contribution in [0.4, 0.5) is 5.69 Å². The maximum Gasteiger partial charge on any atom is 0.261 e. The van der Waals surface area contributed by atoms with Crippen molar-refractivity contribution in [2.75, 3.05) is 11.8 Å². The van der Waals surface area contributed by atoms with Gasteiger partial charge in [-0.05, 0) is 42.8 Å². The summed E-state index contributed by atoms with van der Waals surface area (Å²) in [5.74, 6) is -0.331. The molecule has 0 aliphatic carbocycles. The van der Waals surface area contributed by atoms with Gasteiger partial charge in [0, 0.05) is 18.3 Å². The molecule has 0 spiro atoms. The number of carbonyl (C=O) groups excluding carboxylic acids is 1. The number of benzene rings is 2. The van der Waals surface area contributed by atoms with E-state index in [0.29, 0.717) is 11.3 Å². The lowest BCUT2D eigenvalue weighted by molar-refractivity contribution is 0.0963. The summed E-state index contributed by atoms with van der Waals surface area (Å²) in [6.07, 6.45) is 0. The minimum absolute atomic E-state index is 0.0464. The Labute approximate surface area is 124 Å². The summed E-state index contributed by atoms with van der Waals surface area (Å²) in [4.78, 5) is 11.6. The molecule has 2 aromatic carbocycles. The standard InChI is InChI=1S/C15H16N2O3S/c1-11-5-3-7-13(9-11)17-21(19,20)14-8-4-6-12(10-14)15(18)16-2/h3-10,17H,1-2H3,(H,16,18). The maximum absolute atomic E-state index is 12.3. The number of rotatable bonds is 4. The van der Waals surface area contributed by atoms with Crippen molar-refractivity contribution in [2.45, 2.75) is 11.8 Å². The van der Waals surface area contributed by atoms with Crippen molar-refractivity contribution in [3.05, 3.63) is 59.7 Å². The molecule has 0 aliphatic rings. The summed E-state index contributed by atoms with van der Waals surface area (Å²) < 4.78 is 27.2. The van der Waals surface area contributed by atoms with Crippen LogP contribution in [-0.2, 0) is 10.0 Å². The minimum atomic E-state index is -3.72. The number of nitrogens with one attached hydrogen (secondary N) is 2. The van der Waals surface area contributed by atoms with Crippen LogP contribution in [0.3, 0.4) is 0 Å². The van der Waals surface area contributed by atoms with Crippen LogP contribution in [0.25, 0.3) is 0 Å². The predicted molar refractivity (Wildman–Crippen MR) is 81.8 cm³/mol. The van der Waals surface area contributed by atoms with Crippen molar-refractivity contribution in [1.29, 1.82) is 0 Å². The van der Waals surface area contributed by atoms with E-state index in [1.54, 1.807) is 24.3 Å². The first-order valence-corrected chi connectivity index (χ1v) is 7.82. The first kappa shape index (κ1) is 15.1. The average molecular weight is 304 g/mol. The molecular weight excluding hydrogens is 288 g/mol. The molecule has 110 valence electrons. The molecule has 2 aromatic rings.